The first kappa shape index (κ1) is 17.3. The highest BCUT2D eigenvalue weighted by Gasteiger charge is 2.18. The van der Waals surface area contributed by atoms with Crippen molar-refractivity contribution in [2.24, 2.45) is 0 Å². The summed E-state index contributed by atoms with van der Waals surface area (Å²) in [7, 11) is -3.40. The van der Waals surface area contributed by atoms with Gasteiger partial charge >= 0.3 is 0 Å². The van der Waals surface area contributed by atoms with Crippen molar-refractivity contribution >= 4 is 26.9 Å². The lowest BCUT2D eigenvalue weighted by Gasteiger charge is -2.20. The minimum atomic E-state index is -3.40. The van der Waals surface area contributed by atoms with E-state index >= 15 is 0 Å². The first-order valence-electron chi connectivity index (χ1n) is 7.82. The molecule has 2 heterocycles. The van der Waals surface area contributed by atoms with Crippen LogP contribution in [0.3, 0.4) is 0 Å². The molecule has 0 aliphatic carbocycles. The second-order valence-electron chi connectivity index (χ2n) is 5.97. The molecule has 1 aromatic carbocycles. The Labute approximate surface area is 145 Å². The van der Waals surface area contributed by atoms with E-state index in [9.17, 15) is 12.8 Å². The summed E-state index contributed by atoms with van der Waals surface area (Å²) in [4.78, 5) is 4.62. The first-order valence-corrected chi connectivity index (χ1v) is 10.6. The molecule has 3 rings (SSSR count). The molecular formula is C16H20FN3O2S2. The summed E-state index contributed by atoms with van der Waals surface area (Å²) in [6, 6.07) is 3.90. The van der Waals surface area contributed by atoms with Gasteiger partial charge in [0.05, 0.1) is 27.8 Å². The number of nitrogens with zero attached hydrogens (tertiary/aromatic N) is 1. The zero-order valence-corrected chi connectivity index (χ0v) is 15.0. The van der Waals surface area contributed by atoms with Crippen LogP contribution in [0.25, 0.3) is 0 Å². The number of hydrogen-bond acceptors (Lipinski definition) is 6. The van der Waals surface area contributed by atoms with E-state index < -0.39 is 15.7 Å². The number of thiazole rings is 1. The largest absolute Gasteiger partial charge is 0.377 e. The predicted octanol–water partition coefficient (Wildman–Crippen LogP) is 2.76. The van der Waals surface area contributed by atoms with Crippen molar-refractivity contribution in [3.8, 4) is 0 Å². The third kappa shape index (κ3) is 4.12. The summed E-state index contributed by atoms with van der Waals surface area (Å²) in [6.45, 7) is 2.46. The number of nitrogens with one attached hydrogen (secondary N) is 2. The van der Waals surface area contributed by atoms with Crippen LogP contribution in [0.15, 0.2) is 28.5 Å². The number of rotatable bonds is 5. The van der Waals surface area contributed by atoms with Gasteiger partial charge in [0.25, 0.3) is 0 Å². The van der Waals surface area contributed by atoms with Crippen molar-refractivity contribution in [2.45, 2.75) is 30.2 Å². The van der Waals surface area contributed by atoms with Gasteiger partial charge in [-0.15, -0.1) is 11.3 Å². The van der Waals surface area contributed by atoms with Gasteiger partial charge in [0, 0.05) is 17.6 Å². The van der Waals surface area contributed by atoms with E-state index in [1.807, 2.05) is 5.38 Å². The highest BCUT2D eigenvalue weighted by molar-refractivity contribution is 7.90. The number of hydrogen-bond donors (Lipinski definition) is 2. The molecule has 8 heteroatoms. The Morgan fingerprint density at radius 3 is 2.79 bits per heavy atom. The molecule has 1 aliphatic heterocycles. The summed E-state index contributed by atoms with van der Waals surface area (Å²) < 4.78 is 36.9. The van der Waals surface area contributed by atoms with Gasteiger partial charge in [0.15, 0.2) is 9.84 Å². The van der Waals surface area contributed by atoms with Crippen LogP contribution in [0.1, 0.15) is 29.5 Å². The molecule has 2 N–H and O–H groups in total. The van der Waals surface area contributed by atoms with Gasteiger partial charge in [-0.25, -0.2) is 17.8 Å². The zero-order chi connectivity index (χ0) is 17.2. The van der Waals surface area contributed by atoms with E-state index in [2.05, 4.69) is 15.6 Å². The van der Waals surface area contributed by atoms with Crippen LogP contribution in [0, 0.1) is 5.82 Å². The fourth-order valence-corrected chi connectivity index (χ4v) is 4.34. The van der Waals surface area contributed by atoms with Gasteiger partial charge in [-0.05, 0) is 44.1 Å². The Morgan fingerprint density at radius 1 is 1.38 bits per heavy atom. The lowest BCUT2D eigenvalue weighted by atomic mass is 9.99. The van der Waals surface area contributed by atoms with Crippen molar-refractivity contribution < 1.29 is 12.8 Å². The highest BCUT2D eigenvalue weighted by Crippen LogP contribution is 2.28. The topological polar surface area (TPSA) is 71.1 Å². The van der Waals surface area contributed by atoms with Crippen LogP contribution in [0.5, 0.6) is 0 Å². The van der Waals surface area contributed by atoms with Gasteiger partial charge in [-0.1, -0.05) is 0 Å². The standard InChI is InChI=1S/C16H20FN3O2S2/c1-24(21,22)13-2-3-15(14(17)8-13)19-9-12-10-23-16(20-12)11-4-6-18-7-5-11/h2-3,8,10-11,18-19H,4-7,9H2,1H3. The maximum Gasteiger partial charge on any atom is 0.175 e. The highest BCUT2D eigenvalue weighted by atomic mass is 32.2. The summed E-state index contributed by atoms with van der Waals surface area (Å²) in [5.74, 6) is -0.0671. The minimum Gasteiger partial charge on any atom is -0.377 e. The Kier molecular flexibility index (Phi) is 5.17. The van der Waals surface area contributed by atoms with Crippen molar-refractivity contribution in [1.29, 1.82) is 0 Å². The molecule has 1 aromatic heterocycles. The fraction of sp³-hybridized carbons (Fsp3) is 0.438. The lowest BCUT2D eigenvalue weighted by molar-refractivity contribution is 0.458. The van der Waals surface area contributed by atoms with Crippen molar-refractivity contribution in [3.05, 3.63) is 40.1 Å². The van der Waals surface area contributed by atoms with Crippen LogP contribution in [-0.2, 0) is 16.4 Å². The van der Waals surface area contributed by atoms with E-state index in [0.29, 0.717) is 12.5 Å². The van der Waals surface area contributed by atoms with Gasteiger partial charge < -0.3 is 10.6 Å². The molecule has 2 aromatic rings. The molecule has 130 valence electrons. The SMILES string of the molecule is CS(=O)(=O)c1ccc(NCc2csc(C3CCNCC3)n2)c(F)c1. The molecule has 0 spiro atoms. The normalized spacial score (nSPS) is 16.2. The molecule has 0 bridgehead atoms. The third-order valence-corrected chi connectivity index (χ3v) is 6.25. The molecule has 1 fully saturated rings. The smallest absolute Gasteiger partial charge is 0.175 e. The summed E-state index contributed by atoms with van der Waals surface area (Å²) in [5.41, 5.74) is 1.15. The van der Waals surface area contributed by atoms with E-state index in [0.717, 1.165) is 49.0 Å². The first-order chi connectivity index (χ1) is 11.4. The van der Waals surface area contributed by atoms with E-state index in [1.165, 1.54) is 12.1 Å². The Bertz CT molecular complexity index is 814. The summed E-state index contributed by atoms with van der Waals surface area (Å²) >= 11 is 1.65. The Balaban J connectivity index is 1.65. The summed E-state index contributed by atoms with van der Waals surface area (Å²) in [5, 5.41) is 9.46. The number of sulfone groups is 1. The molecular weight excluding hydrogens is 349 g/mol. The molecule has 0 radical (unpaired) electrons. The van der Waals surface area contributed by atoms with Crippen LogP contribution in [0.2, 0.25) is 0 Å². The second kappa shape index (κ2) is 7.16. The molecule has 0 amide bonds. The molecule has 24 heavy (non-hydrogen) atoms. The predicted molar refractivity (Wildman–Crippen MR) is 93.8 cm³/mol. The average Bonchev–Trinajstić information content (AvgIpc) is 3.02. The quantitative estimate of drug-likeness (QED) is 0.848. The number of aromatic nitrogens is 1. The average molecular weight is 369 g/mol. The molecule has 1 aliphatic rings. The van der Waals surface area contributed by atoms with Crippen molar-refractivity contribution in [2.75, 3.05) is 24.7 Å². The molecule has 5 nitrogen and oxygen atoms in total. The van der Waals surface area contributed by atoms with E-state index in [-0.39, 0.29) is 10.6 Å². The third-order valence-electron chi connectivity index (χ3n) is 4.09. The number of piperidine rings is 1. The molecule has 0 saturated carbocycles. The Morgan fingerprint density at radius 2 is 2.12 bits per heavy atom. The number of benzene rings is 1. The van der Waals surface area contributed by atoms with Gasteiger partial charge in [0.2, 0.25) is 0 Å². The minimum absolute atomic E-state index is 0.0209. The van der Waals surface area contributed by atoms with E-state index in [1.54, 1.807) is 11.3 Å². The van der Waals surface area contributed by atoms with Gasteiger partial charge in [-0.2, -0.15) is 0 Å². The molecule has 0 unspecified atom stereocenters. The summed E-state index contributed by atoms with van der Waals surface area (Å²) in [6.07, 6.45) is 3.26. The number of anilines is 1. The van der Waals surface area contributed by atoms with E-state index in [4.69, 9.17) is 0 Å². The monoisotopic (exact) mass is 369 g/mol. The van der Waals surface area contributed by atoms with Gasteiger partial charge in [0.1, 0.15) is 5.82 Å². The van der Waals surface area contributed by atoms with Gasteiger partial charge in [-0.3, -0.25) is 0 Å². The maximum absolute atomic E-state index is 14.0. The Hall–Kier alpha value is -1.51. The van der Waals surface area contributed by atoms with Crippen LogP contribution < -0.4 is 10.6 Å². The maximum atomic E-state index is 14.0. The zero-order valence-electron chi connectivity index (χ0n) is 13.4. The van der Waals surface area contributed by atoms with Crippen LogP contribution in [-0.4, -0.2) is 32.7 Å². The molecule has 1 saturated heterocycles. The fourth-order valence-electron chi connectivity index (χ4n) is 2.72. The molecule has 0 atom stereocenters. The lowest BCUT2D eigenvalue weighted by Crippen LogP contribution is -2.26. The van der Waals surface area contributed by atoms with Crippen molar-refractivity contribution in [1.82, 2.24) is 10.3 Å². The number of halogens is 1. The van der Waals surface area contributed by atoms with Crippen molar-refractivity contribution in [3.63, 3.8) is 0 Å². The van der Waals surface area contributed by atoms with Crippen LogP contribution >= 0.6 is 11.3 Å². The van der Waals surface area contributed by atoms with Crippen LogP contribution in [0.4, 0.5) is 10.1 Å². The second-order valence-corrected chi connectivity index (χ2v) is 8.87.